The maximum absolute atomic E-state index is 12.0. The fourth-order valence-corrected chi connectivity index (χ4v) is 4.48. The number of amides is 2. The number of H-pyrrole nitrogens is 1. The number of urea groups is 1. The third-order valence-electron chi connectivity index (χ3n) is 4.34. The highest BCUT2D eigenvalue weighted by Gasteiger charge is 2.40. The maximum atomic E-state index is 12.0. The Morgan fingerprint density at radius 2 is 2.32 bits per heavy atom. The van der Waals surface area contributed by atoms with Gasteiger partial charge in [-0.25, -0.2) is 4.79 Å². The van der Waals surface area contributed by atoms with Crippen molar-refractivity contribution in [3.8, 4) is 0 Å². The van der Waals surface area contributed by atoms with Gasteiger partial charge in [0.1, 0.15) is 0 Å². The molecule has 3 rings (SSSR count). The molecule has 2 aliphatic rings. The minimum Gasteiger partial charge on any atom is -0.379 e. The van der Waals surface area contributed by atoms with E-state index in [9.17, 15) is 4.79 Å². The number of nitrogens with zero attached hydrogens (tertiary/aromatic N) is 2. The molecule has 7 nitrogen and oxygen atoms in total. The second kappa shape index (κ2) is 7.34. The first kappa shape index (κ1) is 15.6. The first-order valence-electron chi connectivity index (χ1n) is 7.69. The summed E-state index contributed by atoms with van der Waals surface area (Å²) < 4.78 is 5.45. The number of aromatic nitrogens is 2. The molecule has 2 saturated heterocycles. The van der Waals surface area contributed by atoms with Gasteiger partial charge in [-0.2, -0.15) is 16.9 Å². The lowest BCUT2D eigenvalue weighted by atomic mass is 9.95. The third kappa shape index (κ3) is 3.74. The van der Waals surface area contributed by atoms with Crippen molar-refractivity contribution in [2.24, 2.45) is 0 Å². The second-order valence-corrected chi connectivity index (χ2v) is 6.85. The van der Waals surface area contributed by atoms with E-state index >= 15 is 0 Å². The van der Waals surface area contributed by atoms with Gasteiger partial charge in [-0.1, -0.05) is 0 Å². The first-order valence-corrected chi connectivity index (χ1v) is 8.84. The van der Waals surface area contributed by atoms with Crippen molar-refractivity contribution >= 4 is 17.8 Å². The standard InChI is InChI=1S/C14H23N5O2S/c20-13(15-9-12-1-3-17-18-12)16-10-14(2-8-22-11-14)19-4-6-21-7-5-19/h1,3H,2,4-11H2,(H,17,18)(H2,15,16,20). The smallest absolute Gasteiger partial charge is 0.315 e. The van der Waals surface area contributed by atoms with E-state index in [4.69, 9.17) is 4.74 Å². The molecule has 122 valence electrons. The van der Waals surface area contributed by atoms with Crippen LogP contribution in [0.25, 0.3) is 0 Å². The molecule has 2 amide bonds. The quantitative estimate of drug-likeness (QED) is 0.731. The third-order valence-corrected chi connectivity index (χ3v) is 5.57. The number of hydrogen-bond acceptors (Lipinski definition) is 5. The highest BCUT2D eigenvalue weighted by Crippen LogP contribution is 2.33. The number of morpholine rings is 1. The SMILES string of the molecule is O=C(NCc1ccn[nH]1)NCC1(N2CCOCC2)CCSC1. The fraction of sp³-hybridized carbons (Fsp3) is 0.714. The summed E-state index contributed by atoms with van der Waals surface area (Å²) in [6, 6.07) is 1.72. The Labute approximate surface area is 134 Å². The summed E-state index contributed by atoms with van der Waals surface area (Å²) in [6.07, 6.45) is 2.80. The van der Waals surface area contributed by atoms with Gasteiger partial charge in [-0.15, -0.1) is 0 Å². The van der Waals surface area contributed by atoms with Crippen LogP contribution in [-0.2, 0) is 11.3 Å². The van der Waals surface area contributed by atoms with Crippen molar-refractivity contribution in [1.82, 2.24) is 25.7 Å². The molecule has 1 aromatic rings. The molecule has 3 N–H and O–H groups in total. The molecule has 3 heterocycles. The summed E-state index contributed by atoms with van der Waals surface area (Å²) >= 11 is 1.97. The number of hydrogen-bond donors (Lipinski definition) is 3. The monoisotopic (exact) mass is 325 g/mol. The maximum Gasteiger partial charge on any atom is 0.315 e. The Kier molecular flexibility index (Phi) is 5.22. The first-order chi connectivity index (χ1) is 10.8. The van der Waals surface area contributed by atoms with Gasteiger partial charge in [0.25, 0.3) is 0 Å². The highest BCUT2D eigenvalue weighted by atomic mass is 32.2. The van der Waals surface area contributed by atoms with E-state index in [0.29, 0.717) is 13.1 Å². The minimum atomic E-state index is -0.126. The van der Waals surface area contributed by atoms with Crippen LogP contribution in [0.3, 0.4) is 0 Å². The average Bonchev–Trinajstić information content (AvgIpc) is 3.24. The summed E-state index contributed by atoms with van der Waals surface area (Å²) in [5.74, 6) is 2.24. The number of carbonyl (C=O) groups excluding carboxylic acids is 1. The predicted molar refractivity (Wildman–Crippen MR) is 85.9 cm³/mol. The molecular formula is C14H23N5O2S. The lowest BCUT2D eigenvalue weighted by Crippen LogP contribution is -2.59. The molecule has 0 aromatic carbocycles. The zero-order valence-corrected chi connectivity index (χ0v) is 13.5. The molecule has 1 unspecified atom stereocenters. The van der Waals surface area contributed by atoms with Crippen molar-refractivity contribution in [3.05, 3.63) is 18.0 Å². The van der Waals surface area contributed by atoms with Gasteiger partial charge in [-0.05, 0) is 18.2 Å². The lowest BCUT2D eigenvalue weighted by Gasteiger charge is -2.43. The van der Waals surface area contributed by atoms with E-state index in [1.54, 1.807) is 6.20 Å². The zero-order valence-electron chi connectivity index (χ0n) is 12.6. The van der Waals surface area contributed by atoms with Crippen LogP contribution in [0.2, 0.25) is 0 Å². The predicted octanol–water partition coefficient (Wildman–Crippen LogP) is 0.417. The molecule has 0 bridgehead atoms. The van der Waals surface area contributed by atoms with Gasteiger partial charge in [0, 0.05) is 37.1 Å². The molecule has 1 aromatic heterocycles. The van der Waals surface area contributed by atoms with E-state index in [1.807, 2.05) is 17.8 Å². The van der Waals surface area contributed by atoms with E-state index < -0.39 is 0 Å². The van der Waals surface area contributed by atoms with Crippen LogP contribution in [0.4, 0.5) is 4.79 Å². The van der Waals surface area contributed by atoms with Gasteiger partial charge in [-0.3, -0.25) is 10.00 Å². The number of nitrogens with one attached hydrogen (secondary N) is 3. The Morgan fingerprint density at radius 1 is 1.45 bits per heavy atom. The molecular weight excluding hydrogens is 302 g/mol. The van der Waals surface area contributed by atoms with Crippen LogP contribution < -0.4 is 10.6 Å². The second-order valence-electron chi connectivity index (χ2n) is 5.74. The van der Waals surface area contributed by atoms with Gasteiger partial charge in [0.05, 0.1) is 25.5 Å². The molecule has 0 aliphatic carbocycles. The van der Waals surface area contributed by atoms with Crippen molar-refractivity contribution in [2.45, 2.75) is 18.5 Å². The number of carbonyl (C=O) groups is 1. The summed E-state index contributed by atoms with van der Waals surface area (Å²) in [5.41, 5.74) is 0.981. The van der Waals surface area contributed by atoms with Crippen molar-refractivity contribution in [1.29, 1.82) is 0 Å². The van der Waals surface area contributed by atoms with Crippen LogP contribution in [0.1, 0.15) is 12.1 Å². The lowest BCUT2D eigenvalue weighted by molar-refractivity contribution is -0.0124. The summed E-state index contributed by atoms with van der Waals surface area (Å²) in [6.45, 7) is 4.65. The van der Waals surface area contributed by atoms with Crippen LogP contribution >= 0.6 is 11.8 Å². The van der Waals surface area contributed by atoms with Crippen molar-refractivity contribution < 1.29 is 9.53 Å². The van der Waals surface area contributed by atoms with Gasteiger partial charge >= 0.3 is 6.03 Å². The molecule has 0 radical (unpaired) electrons. The summed E-state index contributed by atoms with van der Waals surface area (Å²) in [5, 5.41) is 12.6. The minimum absolute atomic E-state index is 0.0831. The highest BCUT2D eigenvalue weighted by molar-refractivity contribution is 7.99. The molecule has 22 heavy (non-hydrogen) atoms. The number of ether oxygens (including phenoxy) is 1. The van der Waals surface area contributed by atoms with Crippen molar-refractivity contribution in [2.75, 3.05) is 44.4 Å². The average molecular weight is 325 g/mol. The molecule has 8 heteroatoms. The van der Waals surface area contributed by atoms with Crippen molar-refractivity contribution in [3.63, 3.8) is 0 Å². The largest absolute Gasteiger partial charge is 0.379 e. The zero-order chi connectivity index (χ0) is 15.3. The number of rotatable bonds is 5. The summed E-state index contributed by atoms with van der Waals surface area (Å²) in [4.78, 5) is 14.5. The molecule has 1 atom stereocenters. The van der Waals surface area contributed by atoms with E-state index in [2.05, 4.69) is 25.7 Å². The summed E-state index contributed by atoms with van der Waals surface area (Å²) in [7, 11) is 0. The Morgan fingerprint density at radius 3 is 3.00 bits per heavy atom. The fourth-order valence-electron chi connectivity index (χ4n) is 3.00. The van der Waals surface area contributed by atoms with Crippen LogP contribution in [0, 0.1) is 0 Å². The Balaban J connectivity index is 1.49. The van der Waals surface area contributed by atoms with Gasteiger partial charge in [0.2, 0.25) is 0 Å². The topological polar surface area (TPSA) is 82.3 Å². The van der Waals surface area contributed by atoms with Gasteiger partial charge in [0.15, 0.2) is 0 Å². The van der Waals surface area contributed by atoms with Gasteiger partial charge < -0.3 is 15.4 Å². The molecule has 0 saturated carbocycles. The van der Waals surface area contributed by atoms with E-state index in [1.165, 1.54) is 0 Å². The van der Waals surface area contributed by atoms with Crippen LogP contribution in [0.5, 0.6) is 0 Å². The Hall–Kier alpha value is -1.25. The number of thioether (sulfide) groups is 1. The normalized spacial score (nSPS) is 26.0. The van der Waals surface area contributed by atoms with E-state index in [-0.39, 0.29) is 11.6 Å². The van der Waals surface area contributed by atoms with Crippen LogP contribution in [-0.4, -0.2) is 71.0 Å². The molecule has 2 aliphatic heterocycles. The molecule has 0 spiro atoms. The Bertz CT molecular complexity index is 470. The van der Waals surface area contributed by atoms with Crippen LogP contribution in [0.15, 0.2) is 12.3 Å². The van der Waals surface area contributed by atoms with E-state index in [0.717, 1.165) is 49.9 Å². The number of aromatic amines is 1. The molecule has 2 fully saturated rings.